The molecule has 0 aliphatic heterocycles. The smallest absolute Gasteiger partial charge is 0.254 e. The van der Waals surface area contributed by atoms with Crippen LogP contribution in [0.2, 0.25) is 0 Å². The Morgan fingerprint density at radius 2 is 2.00 bits per heavy atom. The van der Waals surface area contributed by atoms with Crippen LogP contribution in [0.5, 0.6) is 0 Å². The van der Waals surface area contributed by atoms with Crippen LogP contribution in [0.3, 0.4) is 0 Å². The van der Waals surface area contributed by atoms with Crippen LogP contribution in [0.4, 0.5) is 5.69 Å². The zero-order chi connectivity index (χ0) is 13.0. The Hall–Kier alpha value is -1.55. The van der Waals surface area contributed by atoms with Crippen LogP contribution in [0, 0.1) is 13.8 Å². The van der Waals surface area contributed by atoms with Gasteiger partial charge >= 0.3 is 0 Å². The molecule has 0 spiro atoms. The Morgan fingerprint density at radius 3 is 2.53 bits per heavy atom. The molecule has 0 unspecified atom stereocenters. The fourth-order valence-corrected chi connectivity index (χ4v) is 1.79. The number of benzene rings is 1. The predicted octanol–water partition coefficient (Wildman–Crippen LogP) is 1.34. The number of anilines is 1. The van der Waals surface area contributed by atoms with E-state index in [4.69, 9.17) is 10.8 Å². The number of carbonyl (C=O) groups excluding carboxylic acids is 1. The molecule has 0 radical (unpaired) electrons. The maximum Gasteiger partial charge on any atom is 0.254 e. The lowest BCUT2D eigenvalue weighted by atomic mass is 10.0. The van der Waals surface area contributed by atoms with Gasteiger partial charge in [-0.25, -0.2) is 0 Å². The van der Waals surface area contributed by atoms with Gasteiger partial charge in [0.05, 0.1) is 6.61 Å². The Morgan fingerprint density at radius 1 is 1.35 bits per heavy atom. The van der Waals surface area contributed by atoms with E-state index in [0.29, 0.717) is 24.3 Å². The molecule has 0 aliphatic rings. The first-order valence-electron chi connectivity index (χ1n) is 5.78. The van der Waals surface area contributed by atoms with Gasteiger partial charge in [-0.1, -0.05) is 6.07 Å². The third-order valence-electron chi connectivity index (χ3n) is 2.88. The van der Waals surface area contributed by atoms with Gasteiger partial charge in [0, 0.05) is 24.3 Å². The number of hydrogen-bond acceptors (Lipinski definition) is 3. The Balaban J connectivity index is 3.07. The number of hydrogen-bond donors (Lipinski definition) is 2. The van der Waals surface area contributed by atoms with Crippen LogP contribution < -0.4 is 5.73 Å². The number of nitrogen functional groups attached to an aromatic ring is 1. The molecule has 1 aromatic rings. The van der Waals surface area contributed by atoms with Crippen molar-refractivity contribution in [1.82, 2.24) is 4.90 Å². The second-order valence-corrected chi connectivity index (χ2v) is 4.13. The van der Waals surface area contributed by atoms with Crippen LogP contribution in [-0.4, -0.2) is 35.6 Å². The Bertz CT molecular complexity index is 416. The van der Waals surface area contributed by atoms with E-state index in [-0.39, 0.29) is 12.5 Å². The van der Waals surface area contributed by atoms with Crippen molar-refractivity contribution in [1.29, 1.82) is 0 Å². The number of aliphatic hydroxyl groups excluding tert-OH is 1. The molecule has 0 fully saturated rings. The summed E-state index contributed by atoms with van der Waals surface area (Å²) in [7, 11) is 0. The minimum atomic E-state index is -0.0780. The summed E-state index contributed by atoms with van der Waals surface area (Å²) in [6.07, 6.45) is 0. The third kappa shape index (κ3) is 2.97. The lowest BCUT2D eigenvalue weighted by Gasteiger charge is -2.21. The van der Waals surface area contributed by atoms with E-state index in [1.807, 2.05) is 26.8 Å². The summed E-state index contributed by atoms with van der Waals surface area (Å²) in [5.41, 5.74) is 8.95. The second-order valence-electron chi connectivity index (χ2n) is 4.13. The SMILES string of the molecule is CCN(CCO)C(=O)c1cc(N)c(C)cc1C. The van der Waals surface area contributed by atoms with Crippen molar-refractivity contribution in [2.24, 2.45) is 0 Å². The van der Waals surface area contributed by atoms with Crippen molar-refractivity contribution < 1.29 is 9.90 Å². The zero-order valence-electron chi connectivity index (χ0n) is 10.7. The molecule has 0 atom stereocenters. The number of aryl methyl sites for hydroxylation is 2. The van der Waals surface area contributed by atoms with Crippen LogP contribution >= 0.6 is 0 Å². The van der Waals surface area contributed by atoms with Gasteiger partial charge in [-0.05, 0) is 38.0 Å². The third-order valence-corrected chi connectivity index (χ3v) is 2.88. The largest absolute Gasteiger partial charge is 0.398 e. The van der Waals surface area contributed by atoms with Gasteiger partial charge in [0.2, 0.25) is 0 Å². The average molecular weight is 236 g/mol. The van der Waals surface area contributed by atoms with Gasteiger partial charge in [0.25, 0.3) is 5.91 Å². The Labute approximate surface area is 102 Å². The Kier molecular flexibility index (Phi) is 4.52. The molecule has 17 heavy (non-hydrogen) atoms. The van der Waals surface area contributed by atoms with Gasteiger partial charge in [-0.15, -0.1) is 0 Å². The summed E-state index contributed by atoms with van der Waals surface area (Å²) in [5.74, 6) is -0.0780. The van der Waals surface area contributed by atoms with Crippen molar-refractivity contribution in [2.75, 3.05) is 25.4 Å². The number of nitrogens with two attached hydrogens (primary N) is 1. The second kappa shape index (κ2) is 5.68. The number of rotatable bonds is 4. The number of likely N-dealkylation sites (N-methyl/N-ethyl adjacent to an activating group) is 1. The van der Waals surface area contributed by atoms with Crippen LogP contribution in [0.25, 0.3) is 0 Å². The van der Waals surface area contributed by atoms with Gasteiger partial charge in [-0.2, -0.15) is 0 Å². The van der Waals surface area contributed by atoms with Crippen LogP contribution in [0.1, 0.15) is 28.4 Å². The molecule has 0 saturated carbocycles. The number of nitrogens with zero attached hydrogens (tertiary/aromatic N) is 1. The van der Waals surface area contributed by atoms with E-state index in [1.54, 1.807) is 11.0 Å². The molecular formula is C13H20N2O2. The van der Waals surface area contributed by atoms with Crippen molar-refractivity contribution in [2.45, 2.75) is 20.8 Å². The maximum absolute atomic E-state index is 12.2. The molecule has 4 heteroatoms. The fraction of sp³-hybridized carbons (Fsp3) is 0.462. The average Bonchev–Trinajstić information content (AvgIpc) is 2.30. The molecule has 4 nitrogen and oxygen atoms in total. The molecule has 1 rings (SSSR count). The molecule has 1 amide bonds. The van der Waals surface area contributed by atoms with Crippen LogP contribution in [-0.2, 0) is 0 Å². The first-order valence-corrected chi connectivity index (χ1v) is 5.78. The summed E-state index contributed by atoms with van der Waals surface area (Å²) >= 11 is 0. The minimum absolute atomic E-state index is 0.0278. The molecule has 0 heterocycles. The highest BCUT2D eigenvalue weighted by molar-refractivity contribution is 5.96. The highest BCUT2D eigenvalue weighted by Gasteiger charge is 2.16. The molecule has 0 saturated heterocycles. The van der Waals surface area contributed by atoms with Gasteiger partial charge in [0.15, 0.2) is 0 Å². The van der Waals surface area contributed by atoms with E-state index in [1.165, 1.54) is 0 Å². The molecule has 1 aromatic carbocycles. The normalized spacial score (nSPS) is 10.4. The molecule has 0 aromatic heterocycles. The van der Waals surface area contributed by atoms with E-state index in [2.05, 4.69) is 0 Å². The lowest BCUT2D eigenvalue weighted by Crippen LogP contribution is -2.33. The summed E-state index contributed by atoms with van der Waals surface area (Å²) < 4.78 is 0. The van der Waals surface area contributed by atoms with Gasteiger partial charge < -0.3 is 15.7 Å². The molecule has 0 bridgehead atoms. The van der Waals surface area contributed by atoms with E-state index >= 15 is 0 Å². The first-order chi connectivity index (χ1) is 8.01. The highest BCUT2D eigenvalue weighted by Crippen LogP contribution is 2.19. The van der Waals surface area contributed by atoms with Gasteiger partial charge in [-0.3, -0.25) is 4.79 Å². The van der Waals surface area contributed by atoms with Crippen molar-refractivity contribution in [3.05, 3.63) is 28.8 Å². The number of amides is 1. The molecule has 0 aliphatic carbocycles. The quantitative estimate of drug-likeness (QED) is 0.775. The molecular weight excluding hydrogens is 216 g/mol. The summed E-state index contributed by atoms with van der Waals surface area (Å²) in [6.45, 7) is 6.60. The molecule has 3 N–H and O–H groups in total. The topological polar surface area (TPSA) is 66.6 Å². The number of aliphatic hydroxyl groups is 1. The van der Waals surface area contributed by atoms with Crippen molar-refractivity contribution >= 4 is 11.6 Å². The van der Waals surface area contributed by atoms with E-state index in [0.717, 1.165) is 11.1 Å². The van der Waals surface area contributed by atoms with Crippen molar-refractivity contribution in [3.8, 4) is 0 Å². The number of carbonyl (C=O) groups is 1. The first kappa shape index (κ1) is 13.5. The lowest BCUT2D eigenvalue weighted by molar-refractivity contribution is 0.0731. The summed E-state index contributed by atoms with van der Waals surface area (Å²) in [4.78, 5) is 13.8. The van der Waals surface area contributed by atoms with Crippen molar-refractivity contribution in [3.63, 3.8) is 0 Å². The molecule has 94 valence electrons. The summed E-state index contributed by atoms with van der Waals surface area (Å²) in [5, 5.41) is 8.91. The maximum atomic E-state index is 12.2. The van der Waals surface area contributed by atoms with E-state index in [9.17, 15) is 4.79 Å². The summed E-state index contributed by atoms with van der Waals surface area (Å²) in [6, 6.07) is 3.63. The van der Waals surface area contributed by atoms with E-state index < -0.39 is 0 Å². The predicted molar refractivity (Wildman–Crippen MR) is 69.0 cm³/mol. The minimum Gasteiger partial charge on any atom is -0.398 e. The van der Waals surface area contributed by atoms with Crippen LogP contribution in [0.15, 0.2) is 12.1 Å². The highest BCUT2D eigenvalue weighted by atomic mass is 16.3. The monoisotopic (exact) mass is 236 g/mol. The zero-order valence-corrected chi connectivity index (χ0v) is 10.7. The standard InChI is InChI=1S/C13H20N2O2/c1-4-15(5-6-16)13(17)11-8-12(14)10(3)7-9(11)2/h7-8,16H,4-6,14H2,1-3H3. The van der Waals surface area contributed by atoms with Gasteiger partial charge in [0.1, 0.15) is 0 Å². The fourth-order valence-electron chi connectivity index (χ4n) is 1.79.